The van der Waals surface area contributed by atoms with Crippen molar-refractivity contribution in [3.8, 4) is 0 Å². The van der Waals surface area contributed by atoms with Crippen LogP contribution in [0.4, 0.5) is 8.78 Å². The first kappa shape index (κ1) is 13.9. The van der Waals surface area contributed by atoms with Crippen molar-refractivity contribution in [3.63, 3.8) is 0 Å². The van der Waals surface area contributed by atoms with Crippen LogP contribution in [0.3, 0.4) is 0 Å². The van der Waals surface area contributed by atoms with Crippen molar-refractivity contribution in [2.45, 2.75) is 19.5 Å². The molecule has 1 aromatic rings. The van der Waals surface area contributed by atoms with E-state index < -0.39 is 23.7 Å². The number of esters is 1. The first-order valence-electron chi connectivity index (χ1n) is 6.23. The van der Waals surface area contributed by atoms with E-state index in [1.165, 1.54) is 0 Å². The Morgan fingerprint density at radius 2 is 2.00 bits per heavy atom. The fraction of sp³-hybridized carbons (Fsp3) is 0.500. The van der Waals surface area contributed by atoms with Gasteiger partial charge in [0.15, 0.2) is 0 Å². The molecule has 2 rings (SSSR count). The molecule has 1 fully saturated rings. The van der Waals surface area contributed by atoms with E-state index in [1.807, 2.05) is 30.3 Å². The van der Waals surface area contributed by atoms with Crippen LogP contribution in [0.2, 0.25) is 0 Å². The predicted molar refractivity (Wildman–Crippen MR) is 64.7 cm³/mol. The Hall–Kier alpha value is -1.49. The summed E-state index contributed by atoms with van der Waals surface area (Å²) in [5.41, 5.74) is 0.916. The Bertz CT molecular complexity index is 434. The molecular weight excluding hydrogens is 254 g/mol. The molecule has 0 bridgehead atoms. The minimum absolute atomic E-state index is 0.114. The maximum atomic E-state index is 13.4. The summed E-state index contributed by atoms with van der Waals surface area (Å²) in [6, 6.07) is 9.29. The third-order valence-corrected chi connectivity index (χ3v) is 3.15. The minimum atomic E-state index is -3.00. The highest BCUT2D eigenvalue weighted by Gasteiger charge is 2.72. The lowest BCUT2D eigenvalue weighted by atomic mass is 10.2. The summed E-state index contributed by atoms with van der Waals surface area (Å²) in [7, 11) is 0. The predicted octanol–water partition coefficient (Wildman–Crippen LogP) is 2.65. The Morgan fingerprint density at radius 3 is 2.63 bits per heavy atom. The van der Waals surface area contributed by atoms with Gasteiger partial charge >= 0.3 is 5.97 Å². The number of rotatable bonds is 6. The van der Waals surface area contributed by atoms with Gasteiger partial charge in [0.25, 0.3) is 5.92 Å². The number of halogens is 2. The molecule has 1 aliphatic rings. The molecule has 0 aliphatic heterocycles. The van der Waals surface area contributed by atoms with E-state index in [9.17, 15) is 13.6 Å². The summed E-state index contributed by atoms with van der Waals surface area (Å²) in [5.74, 6) is -6.23. The van der Waals surface area contributed by atoms with Crippen molar-refractivity contribution < 1.29 is 23.0 Å². The largest absolute Gasteiger partial charge is 0.466 e. The second-order valence-corrected chi connectivity index (χ2v) is 4.51. The van der Waals surface area contributed by atoms with E-state index in [0.717, 1.165) is 5.56 Å². The maximum absolute atomic E-state index is 13.4. The van der Waals surface area contributed by atoms with Gasteiger partial charge < -0.3 is 9.47 Å². The van der Waals surface area contributed by atoms with Crippen molar-refractivity contribution in [2.24, 2.45) is 11.8 Å². The van der Waals surface area contributed by atoms with Crippen molar-refractivity contribution in [2.75, 3.05) is 13.2 Å². The molecule has 0 radical (unpaired) electrons. The second-order valence-electron chi connectivity index (χ2n) is 4.51. The molecule has 1 aliphatic carbocycles. The summed E-state index contributed by atoms with van der Waals surface area (Å²) in [4.78, 5) is 11.3. The highest BCUT2D eigenvalue weighted by atomic mass is 19.3. The smallest absolute Gasteiger partial charge is 0.315 e. The van der Waals surface area contributed by atoms with Crippen molar-refractivity contribution >= 4 is 5.97 Å². The molecule has 0 saturated heterocycles. The van der Waals surface area contributed by atoms with E-state index in [1.54, 1.807) is 6.92 Å². The van der Waals surface area contributed by atoms with Gasteiger partial charge in [0.1, 0.15) is 5.92 Å². The van der Waals surface area contributed by atoms with Crippen LogP contribution in [0.1, 0.15) is 12.5 Å². The van der Waals surface area contributed by atoms with Crippen LogP contribution >= 0.6 is 0 Å². The first-order valence-corrected chi connectivity index (χ1v) is 6.23. The molecule has 0 spiro atoms. The SMILES string of the molecule is CCOC(=O)[C@H]1[C@H](COCc2ccccc2)C1(F)F. The standard InChI is InChI=1S/C14H16F2O3/c1-2-19-13(17)12-11(14(12,15)16)9-18-8-10-6-4-3-5-7-10/h3-7,11-12H,2,8-9H2,1H3/t11-,12+/m0/s1. The van der Waals surface area contributed by atoms with Gasteiger partial charge in [-0.1, -0.05) is 30.3 Å². The highest BCUT2D eigenvalue weighted by molar-refractivity contribution is 5.78. The van der Waals surface area contributed by atoms with Crippen LogP contribution in [0.25, 0.3) is 0 Å². The van der Waals surface area contributed by atoms with Crippen LogP contribution in [0.15, 0.2) is 30.3 Å². The van der Waals surface area contributed by atoms with Crippen molar-refractivity contribution in [3.05, 3.63) is 35.9 Å². The normalized spacial score (nSPS) is 23.9. The van der Waals surface area contributed by atoms with Crippen molar-refractivity contribution in [1.82, 2.24) is 0 Å². The molecule has 2 atom stereocenters. The number of carbonyl (C=O) groups excluding carboxylic acids is 1. The maximum Gasteiger partial charge on any atom is 0.315 e. The number of carbonyl (C=O) groups is 1. The van der Waals surface area contributed by atoms with E-state index in [-0.39, 0.29) is 19.8 Å². The molecule has 1 saturated carbocycles. The molecule has 3 nitrogen and oxygen atoms in total. The lowest BCUT2D eigenvalue weighted by molar-refractivity contribution is -0.147. The van der Waals surface area contributed by atoms with Gasteiger partial charge in [-0.15, -0.1) is 0 Å². The van der Waals surface area contributed by atoms with Gasteiger partial charge in [0.05, 0.1) is 25.7 Å². The van der Waals surface area contributed by atoms with Crippen LogP contribution in [0, 0.1) is 11.8 Å². The lowest BCUT2D eigenvalue weighted by Crippen LogP contribution is -2.11. The number of hydrogen-bond acceptors (Lipinski definition) is 3. The molecule has 0 N–H and O–H groups in total. The number of alkyl halides is 2. The first-order chi connectivity index (χ1) is 9.07. The zero-order chi connectivity index (χ0) is 13.9. The Balaban J connectivity index is 1.79. The molecular formula is C14H16F2O3. The minimum Gasteiger partial charge on any atom is -0.466 e. The van der Waals surface area contributed by atoms with E-state index in [0.29, 0.717) is 0 Å². The molecule has 0 unspecified atom stereocenters. The quantitative estimate of drug-likeness (QED) is 0.745. The van der Waals surface area contributed by atoms with Crippen LogP contribution < -0.4 is 0 Å². The Kier molecular flexibility index (Phi) is 4.14. The Labute approximate surface area is 110 Å². The summed E-state index contributed by atoms with van der Waals surface area (Å²) in [5, 5.41) is 0. The fourth-order valence-electron chi connectivity index (χ4n) is 2.03. The van der Waals surface area contributed by atoms with E-state index in [4.69, 9.17) is 4.74 Å². The molecule has 0 amide bonds. The molecule has 19 heavy (non-hydrogen) atoms. The van der Waals surface area contributed by atoms with E-state index >= 15 is 0 Å². The van der Waals surface area contributed by atoms with Gasteiger partial charge in [0, 0.05) is 0 Å². The summed E-state index contributed by atoms with van der Waals surface area (Å²) in [6.07, 6.45) is 0. The average molecular weight is 270 g/mol. The number of hydrogen-bond donors (Lipinski definition) is 0. The van der Waals surface area contributed by atoms with Gasteiger partial charge in [-0.25, -0.2) is 8.78 Å². The number of ether oxygens (including phenoxy) is 2. The van der Waals surface area contributed by atoms with Crippen molar-refractivity contribution in [1.29, 1.82) is 0 Å². The fourth-order valence-corrected chi connectivity index (χ4v) is 2.03. The third-order valence-electron chi connectivity index (χ3n) is 3.15. The molecule has 0 heterocycles. The average Bonchev–Trinajstić information content (AvgIpc) is 2.93. The number of benzene rings is 1. The molecule has 104 valence electrons. The topological polar surface area (TPSA) is 35.5 Å². The van der Waals surface area contributed by atoms with Gasteiger partial charge in [-0.2, -0.15) is 0 Å². The third kappa shape index (κ3) is 3.10. The molecule has 0 aromatic heterocycles. The monoisotopic (exact) mass is 270 g/mol. The summed E-state index contributed by atoms with van der Waals surface area (Å²) >= 11 is 0. The van der Waals surface area contributed by atoms with Crippen LogP contribution in [-0.2, 0) is 20.9 Å². The van der Waals surface area contributed by atoms with Gasteiger partial charge in [-0.3, -0.25) is 4.79 Å². The highest BCUT2D eigenvalue weighted by Crippen LogP contribution is 2.55. The zero-order valence-corrected chi connectivity index (χ0v) is 10.6. The summed E-state index contributed by atoms with van der Waals surface area (Å²) in [6.45, 7) is 1.84. The molecule has 5 heteroatoms. The lowest BCUT2D eigenvalue weighted by Gasteiger charge is -2.03. The van der Waals surface area contributed by atoms with Crippen LogP contribution in [0.5, 0.6) is 0 Å². The Morgan fingerprint density at radius 1 is 1.32 bits per heavy atom. The van der Waals surface area contributed by atoms with Gasteiger partial charge in [-0.05, 0) is 12.5 Å². The van der Waals surface area contributed by atoms with E-state index in [2.05, 4.69) is 4.74 Å². The van der Waals surface area contributed by atoms with Crippen LogP contribution in [-0.4, -0.2) is 25.1 Å². The molecule has 1 aromatic carbocycles. The summed E-state index contributed by atoms with van der Waals surface area (Å²) < 4.78 is 36.6. The zero-order valence-electron chi connectivity index (χ0n) is 10.6. The van der Waals surface area contributed by atoms with Gasteiger partial charge in [0.2, 0.25) is 0 Å². The second kappa shape index (κ2) is 5.65.